The van der Waals surface area contributed by atoms with Crippen LogP contribution in [0.3, 0.4) is 0 Å². The topological polar surface area (TPSA) is 53.2 Å². The van der Waals surface area contributed by atoms with Crippen LogP contribution in [0.25, 0.3) is 0 Å². The van der Waals surface area contributed by atoms with E-state index in [0.717, 1.165) is 5.56 Å². The van der Waals surface area contributed by atoms with Crippen LogP contribution >= 0.6 is 0 Å². The third kappa shape index (κ3) is 3.31. The number of nitrogens with one attached hydrogen (secondary N) is 3. The molecule has 0 saturated carbocycles. The molecule has 18 heavy (non-hydrogen) atoms. The molecule has 2 rings (SSSR count). The smallest absolute Gasteiger partial charge is 0.220 e. The van der Waals surface area contributed by atoms with Crippen molar-refractivity contribution in [1.29, 1.82) is 0 Å². The maximum Gasteiger partial charge on any atom is 0.220 e. The number of carbonyl (C=O) groups excluding carboxylic acids is 1. The van der Waals surface area contributed by atoms with E-state index in [2.05, 4.69) is 30.0 Å². The van der Waals surface area contributed by atoms with Crippen molar-refractivity contribution in [3.63, 3.8) is 0 Å². The number of hydrazine groups is 1. The summed E-state index contributed by atoms with van der Waals surface area (Å²) in [5.74, 6) is 0.467. The van der Waals surface area contributed by atoms with Crippen LogP contribution < -0.4 is 16.2 Å². The summed E-state index contributed by atoms with van der Waals surface area (Å²) >= 11 is 0. The lowest BCUT2D eigenvalue weighted by atomic mass is 9.93. The van der Waals surface area contributed by atoms with E-state index in [-0.39, 0.29) is 5.91 Å². The number of rotatable bonds is 4. The summed E-state index contributed by atoms with van der Waals surface area (Å²) in [5.41, 5.74) is 7.47. The first-order valence-electron chi connectivity index (χ1n) is 6.48. The van der Waals surface area contributed by atoms with Crippen LogP contribution in [0.1, 0.15) is 25.8 Å². The van der Waals surface area contributed by atoms with Crippen LogP contribution in [-0.2, 0) is 11.3 Å². The minimum atomic E-state index is 0.119. The van der Waals surface area contributed by atoms with E-state index < -0.39 is 0 Å². The zero-order chi connectivity index (χ0) is 13.0. The molecular formula is C14H21N3O. The van der Waals surface area contributed by atoms with E-state index in [1.54, 1.807) is 0 Å². The van der Waals surface area contributed by atoms with Gasteiger partial charge in [0, 0.05) is 31.0 Å². The highest BCUT2D eigenvalue weighted by molar-refractivity contribution is 5.76. The Morgan fingerprint density at radius 1 is 1.17 bits per heavy atom. The summed E-state index contributed by atoms with van der Waals surface area (Å²) < 4.78 is 0. The molecule has 0 aliphatic carbocycles. The number of hydrogen-bond acceptors (Lipinski definition) is 3. The molecule has 0 bridgehead atoms. The quantitative estimate of drug-likeness (QED) is 0.749. The van der Waals surface area contributed by atoms with E-state index in [9.17, 15) is 4.79 Å². The highest BCUT2D eigenvalue weighted by atomic mass is 16.1. The van der Waals surface area contributed by atoms with E-state index in [1.165, 1.54) is 0 Å². The molecule has 98 valence electrons. The molecule has 1 aliphatic rings. The fourth-order valence-corrected chi connectivity index (χ4v) is 2.35. The monoisotopic (exact) mass is 247 g/mol. The molecule has 4 nitrogen and oxygen atoms in total. The molecule has 1 saturated heterocycles. The predicted octanol–water partition coefficient (Wildman–Crippen LogP) is 1.19. The normalized spacial score (nSPS) is 27.1. The van der Waals surface area contributed by atoms with Crippen molar-refractivity contribution in [2.24, 2.45) is 5.92 Å². The van der Waals surface area contributed by atoms with Gasteiger partial charge in [0.05, 0.1) is 0 Å². The van der Waals surface area contributed by atoms with Gasteiger partial charge in [0.1, 0.15) is 0 Å². The molecule has 0 aromatic heterocycles. The van der Waals surface area contributed by atoms with E-state index in [4.69, 9.17) is 0 Å². The first-order chi connectivity index (χ1) is 8.66. The molecule has 1 aliphatic heterocycles. The molecule has 2 atom stereocenters. The Kier molecular flexibility index (Phi) is 4.33. The van der Waals surface area contributed by atoms with Crippen molar-refractivity contribution >= 4 is 5.91 Å². The van der Waals surface area contributed by atoms with Crippen LogP contribution in [0.15, 0.2) is 30.3 Å². The third-order valence-electron chi connectivity index (χ3n) is 3.58. The Balaban J connectivity index is 1.79. The summed E-state index contributed by atoms with van der Waals surface area (Å²) in [6.45, 7) is 4.81. The largest absolute Gasteiger partial charge is 0.352 e. The molecule has 3 N–H and O–H groups in total. The number of amides is 1. The van der Waals surface area contributed by atoms with Crippen LogP contribution in [-0.4, -0.2) is 18.0 Å². The Morgan fingerprint density at radius 3 is 2.39 bits per heavy atom. The van der Waals surface area contributed by atoms with Gasteiger partial charge in [0.15, 0.2) is 0 Å². The fourth-order valence-electron chi connectivity index (χ4n) is 2.35. The van der Waals surface area contributed by atoms with Gasteiger partial charge in [-0.1, -0.05) is 30.3 Å². The summed E-state index contributed by atoms with van der Waals surface area (Å²) in [6.07, 6.45) is 0.565. The highest BCUT2D eigenvalue weighted by Gasteiger charge is 2.31. The van der Waals surface area contributed by atoms with Crippen molar-refractivity contribution < 1.29 is 4.79 Å². The Labute approximate surface area is 108 Å². The van der Waals surface area contributed by atoms with Gasteiger partial charge in [-0.25, -0.2) is 0 Å². The summed E-state index contributed by atoms with van der Waals surface area (Å²) in [6, 6.07) is 10.6. The standard InChI is InChI=1S/C14H21N3O/c1-10-13(11(2)17-16-10)8-14(18)15-9-12-6-4-3-5-7-12/h3-7,10-11,13,16-17H,8-9H2,1-2H3,(H,15,18). The van der Waals surface area contributed by atoms with Crippen molar-refractivity contribution in [3.8, 4) is 0 Å². The van der Waals surface area contributed by atoms with Crippen molar-refractivity contribution in [3.05, 3.63) is 35.9 Å². The zero-order valence-corrected chi connectivity index (χ0v) is 10.9. The van der Waals surface area contributed by atoms with E-state index >= 15 is 0 Å². The second kappa shape index (κ2) is 5.98. The van der Waals surface area contributed by atoms with Gasteiger partial charge in [-0.15, -0.1) is 0 Å². The minimum Gasteiger partial charge on any atom is -0.352 e. The zero-order valence-electron chi connectivity index (χ0n) is 10.9. The van der Waals surface area contributed by atoms with E-state index in [1.807, 2.05) is 30.3 Å². The second-order valence-electron chi connectivity index (χ2n) is 5.00. The number of hydrogen-bond donors (Lipinski definition) is 3. The summed E-state index contributed by atoms with van der Waals surface area (Å²) in [7, 11) is 0. The molecule has 1 aromatic carbocycles. The lowest BCUT2D eigenvalue weighted by Crippen LogP contribution is -2.31. The first kappa shape index (κ1) is 13.1. The van der Waals surface area contributed by atoms with Crippen LogP contribution in [0, 0.1) is 5.92 Å². The maximum absolute atomic E-state index is 11.9. The van der Waals surface area contributed by atoms with Gasteiger partial charge < -0.3 is 5.32 Å². The van der Waals surface area contributed by atoms with Crippen LogP contribution in [0.2, 0.25) is 0 Å². The van der Waals surface area contributed by atoms with Gasteiger partial charge in [-0.2, -0.15) is 0 Å². The van der Waals surface area contributed by atoms with Gasteiger partial charge in [-0.05, 0) is 19.4 Å². The molecular weight excluding hydrogens is 226 g/mol. The van der Waals surface area contributed by atoms with Gasteiger partial charge in [0.25, 0.3) is 0 Å². The Hall–Kier alpha value is -1.39. The second-order valence-corrected chi connectivity index (χ2v) is 5.00. The fraction of sp³-hybridized carbons (Fsp3) is 0.500. The molecule has 1 fully saturated rings. The first-order valence-corrected chi connectivity index (χ1v) is 6.48. The van der Waals surface area contributed by atoms with E-state index in [0.29, 0.717) is 31.0 Å². The lowest BCUT2D eigenvalue weighted by Gasteiger charge is -2.17. The van der Waals surface area contributed by atoms with Crippen LogP contribution in [0.4, 0.5) is 0 Å². The SMILES string of the molecule is CC1NNC(C)C1CC(=O)NCc1ccccc1. The molecule has 2 unspecified atom stereocenters. The molecule has 0 radical (unpaired) electrons. The molecule has 1 aromatic rings. The van der Waals surface area contributed by atoms with Gasteiger partial charge in [0.2, 0.25) is 5.91 Å². The van der Waals surface area contributed by atoms with Gasteiger partial charge in [-0.3, -0.25) is 15.6 Å². The summed E-state index contributed by atoms with van der Waals surface area (Å²) in [5, 5.41) is 2.97. The average molecular weight is 247 g/mol. The lowest BCUT2D eigenvalue weighted by molar-refractivity contribution is -0.122. The number of benzene rings is 1. The maximum atomic E-state index is 11.9. The Bertz CT molecular complexity index is 383. The molecule has 1 heterocycles. The van der Waals surface area contributed by atoms with Crippen LogP contribution in [0.5, 0.6) is 0 Å². The van der Waals surface area contributed by atoms with Crippen molar-refractivity contribution in [2.45, 2.75) is 38.9 Å². The highest BCUT2D eigenvalue weighted by Crippen LogP contribution is 2.18. The Morgan fingerprint density at radius 2 is 1.78 bits per heavy atom. The minimum absolute atomic E-state index is 0.119. The third-order valence-corrected chi connectivity index (χ3v) is 3.58. The molecule has 4 heteroatoms. The van der Waals surface area contributed by atoms with Crippen molar-refractivity contribution in [1.82, 2.24) is 16.2 Å². The van der Waals surface area contributed by atoms with Gasteiger partial charge >= 0.3 is 0 Å². The molecule has 1 amide bonds. The average Bonchev–Trinajstić information content (AvgIpc) is 2.69. The van der Waals surface area contributed by atoms with Crippen molar-refractivity contribution in [2.75, 3.05) is 0 Å². The summed E-state index contributed by atoms with van der Waals surface area (Å²) in [4.78, 5) is 11.9. The molecule has 0 spiro atoms. The predicted molar refractivity (Wildman–Crippen MR) is 71.6 cm³/mol. The number of carbonyl (C=O) groups is 1.